The first-order chi connectivity index (χ1) is 12.8. The van der Waals surface area contributed by atoms with E-state index in [4.69, 9.17) is 4.84 Å². The minimum atomic E-state index is -0.300. The molecule has 1 aliphatic heterocycles. The summed E-state index contributed by atoms with van der Waals surface area (Å²) >= 11 is 0. The monoisotopic (exact) mass is 347 g/mol. The summed E-state index contributed by atoms with van der Waals surface area (Å²) in [6, 6.07) is 17.2. The van der Waals surface area contributed by atoms with Crippen LogP contribution in [0.4, 0.5) is 5.82 Å². The Hall–Kier alpha value is -3.48. The van der Waals surface area contributed by atoms with Gasteiger partial charge in [-0.2, -0.15) is 5.10 Å². The highest BCUT2D eigenvalue weighted by molar-refractivity contribution is 6.43. The quantitative estimate of drug-likeness (QED) is 0.769. The highest BCUT2D eigenvalue weighted by Gasteiger charge is 2.27. The number of nitrogens with one attached hydrogen (secondary N) is 1. The van der Waals surface area contributed by atoms with Gasteiger partial charge >= 0.3 is 0 Å². The third kappa shape index (κ3) is 3.61. The summed E-state index contributed by atoms with van der Waals surface area (Å²) in [5, 5.41) is 11.0. The second-order valence-electron chi connectivity index (χ2n) is 5.92. The molecular formula is C19H17N5O2. The van der Waals surface area contributed by atoms with Gasteiger partial charge in [0.1, 0.15) is 5.71 Å². The molecule has 3 heterocycles. The van der Waals surface area contributed by atoms with E-state index in [-0.39, 0.29) is 12.0 Å². The number of nitrogens with zero attached hydrogens (tertiary/aromatic N) is 4. The van der Waals surface area contributed by atoms with Crippen LogP contribution in [-0.2, 0) is 16.2 Å². The van der Waals surface area contributed by atoms with E-state index in [0.717, 1.165) is 11.3 Å². The van der Waals surface area contributed by atoms with Crippen LogP contribution in [0.1, 0.15) is 23.8 Å². The Morgan fingerprint density at radius 3 is 2.81 bits per heavy atom. The Kier molecular flexibility index (Phi) is 4.42. The van der Waals surface area contributed by atoms with Gasteiger partial charge in [0.25, 0.3) is 5.91 Å². The Balaban J connectivity index is 1.35. The highest BCUT2D eigenvalue weighted by atomic mass is 16.6. The average Bonchev–Trinajstić information content (AvgIpc) is 3.33. The lowest BCUT2D eigenvalue weighted by atomic mass is 10.0. The Labute approximate surface area is 150 Å². The summed E-state index contributed by atoms with van der Waals surface area (Å²) in [4.78, 5) is 22.0. The largest absolute Gasteiger partial charge is 0.387 e. The molecule has 0 fully saturated rings. The van der Waals surface area contributed by atoms with Crippen molar-refractivity contribution in [3.8, 4) is 0 Å². The number of aromatic nitrogens is 3. The van der Waals surface area contributed by atoms with Crippen LogP contribution in [0.25, 0.3) is 0 Å². The van der Waals surface area contributed by atoms with Gasteiger partial charge in [0.2, 0.25) is 0 Å². The second-order valence-corrected chi connectivity index (χ2v) is 5.92. The summed E-state index contributed by atoms with van der Waals surface area (Å²) in [6.07, 6.45) is 3.75. The maximum Gasteiger partial charge on any atom is 0.274 e. The molecule has 1 aliphatic rings. The molecular weight excluding hydrogens is 330 g/mol. The first kappa shape index (κ1) is 16.0. The third-order valence-electron chi connectivity index (χ3n) is 4.03. The van der Waals surface area contributed by atoms with Crippen molar-refractivity contribution in [1.82, 2.24) is 14.8 Å². The van der Waals surface area contributed by atoms with Crippen molar-refractivity contribution in [2.45, 2.75) is 19.1 Å². The number of rotatable bonds is 5. The molecule has 0 saturated heterocycles. The lowest BCUT2D eigenvalue weighted by Gasteiger charge is -2.07. The van der Waals surface area contributed by atoms with E-state index in [2.05, 4.69) is 20.6 Å². The molecule has 4 rings (SSSR count). The van der Waals surface area contributed by atoms with Crippen LogP contribution in [0.5, 0.6) is 0 Å². The molecule has 0 saturated carbocycles. The number of carbonyl (C=O) groups excluding carboxylic acids is 1. The zero-order valence-electron chi connectivity index (χ0n) is 13.9. The lowest BCUT2D eigenvalue weighted by molar-refractivity contribution is -0.110. The van der Waals surface area contributed by atoms with Crippen molar-refractivity contribution >= 4 is 17.4 Å². The average molecular weight is 347 g/mol. The Morgan fingerprint density at radius 2 is 2.00 bits per heavy atom. The predicted octanol–water partition coefficient (Wildman–Crippen LogP) is 2.78. The standard InChI is InChI=1S/C19H17N5O2/c25-19(16-12-17(26-23-16)14-6-2-1-3-7-14)21-18-9-11-24(22-18)13-15-8-4-5-10-20-15/h1-11,17H,12-13H2,(H,21,22,25). The summed E-state index contributed by atoms with van der Waals surface area (Å²) < 4.78 is 1.72. The highest BCUT2D eigenvalue weighted by Crippen LogP contribution is 2.27. The van der Waals surface area contributed by atoms with Gasteiger partial charge in [-0.15, -0.1) is 0 Å². The fourth-order valence-corrected chi connectivity index (χ4v) is 2.72. The predicted molar refractivity (Wildman–Crippen MR) is 96.5 cm³/mol. The van der Waals surface area contributed by atoms with Crippen molar-refractivity contribution in [1.29, 1.82) is 0 Å². The fourth-order valence-electron chi connectivity index (χ4n) is 2.72. The van der Waals surface area contributed by atoms with Crippen LogP contribution < -0.4 is 5.32 Å². The molecule has 0 spiro atoms. The minimum absolute atomic E-state index is 0.223. The van der Waals surface area contributed by atoms with E-state index in [9.17, 15) is 4.79 Å². The molecule has 1 N–H and O–H groups in total. The number of benzene rings is 1. The van der Waals surface area contributed by atoms with Crippen LogP contribution >= 0.6 is 0 Å². The summed E-state index contributed by atoms with van der Waals surface area (Å²) in [6.45, 7) is 0.539. The maximum atomic E-state index is 12.4. The van der Waals surface area contributed by atoms with Crippen LogP contribution in [0.15, 0.2) is 72.1 Å². The molecule has 0 radical (unpaired) electrons. The van der Waals surface area contributed by atoms with Crippen molar-refractivity contribution in [2.24, 2.45) is 5.16 Å². The van der Waals surface area contributed by atoms with E-state index in [1.54, 1.807) is 23.1 Å². The SMILES string of the molecule is O=C(Nc1ccn(Cc2ccccn2)n1)C1=NOC(c2ccccc2)C1. The van der Waals surface area contributed by atoms with E-state index in [0.29, 0.717) is 24.5 Å². The van der Waals surface area contributed by atoms with Crippen molar-refractivity contribution in [2.75, 3.05) is 5.32 Å². The number of amides is 1. The van der Waals surface area contributed by atoms with E-state index >= 15 is 0 Å². The van der Waals surface area contributed by atoms with E-state index < -0.39 is 0 Å². The Bertz CT molecular complexity index is 921. The molecule has 7 nitrogen and oxygen atoms in total. The van der Waals surface area contributed by atoms with E-state index in [1.807, 2.05) is 48.5 Å². The van der Waals surface area contributed by atoms with Crippen LogP contribution in [0, 0.1) is 0 Å². The number of oxime groups is 1. The molecule has 1 atom stereocenters. The van der Waals surface area contributed by atoms with Gasteiger partial charge in [-0.05, 0) is 17.7 Å². The number of hydrogen-bond donors (Lipinski definition) is 1. The van der Waals surface area contributed by atoms with Gasteiger partial charge < -0.3 is 10.2 Å². The topological polar surface area (TPSA) is 81.4 Å². The first-order valence-electron chi connectivity index (χ1n) is 8.30. The van der Waals surface area contributed by atoms with Gasteiger partial charge in [-0.1, -0.05) is 41.6 Å². The molecule has 130 valence electrons. The van der Waals surface area contributed by atoms with Crippen molar-refractivity contribution in [3.63, 3.8) is 0 Å². The molecule has 1 amide bonds. The number of carbonyl (C=O) groups is 1. The summed E-state index contributed by atoms with van der Waals surface area (Å²) in [7, 11) is 0. The molecule has 0 aliphatic carbocycles. The van der Waals surface area contributed by atoms with Gasteiger partial charge in [-0.3, -0.25) is 14.5 Å². The minimum Gasteiger partial charge on any atom is -0.387 e. The van der Waals surface area contributed by atoms with Gasteiger partial charge in [0.05, 0.1) is 12.2 Å². The van der Waals surface area contributed by atoms with Crippen molar-refractivity contribution < 1.29 is 9.63 Å². The zero-order valence-corrected chi connectivity index (χ0v) is 13.9. The summed E-state index contributed by atoms with van der Waals surface area (Å²) in [5.41, 5.74) is 2.25. The van der Waals surface area contributed by atoms with Crippen LogP contribution in [0.2, 0.25) is 0 Å². The fraction of sp³-hybridized carbons (Fsp3) is 0.158. The molecule has 0 bridgehead atoms. The van der Waals surface area contributed by atoms with Crippen LogP contribution in [0.3, 0.4) is 0 Å². The van der Waals surface area contributed by atoms with Gasteiger partial charge in [0.15, 0.2) is 11.9 Å². The lowest BCUT2D eigenvalue weighted by Crippen LogP contribution is -2.22. The van der Waals surface area contributed by atoms with E-state index in [1.165, 1.54) is 0 Å². The van der Waals surface area contributed by atoms with Gasteiger partial charge in [0, 0.05) is 24.9 Å². The summed E-state index contributed by atoms with van der Waals surface area (Å²) in [5.74, 6) is 0.170. The number of pyridine rings is 1. The molecule has 2 aromatic heterocycles. The Morgan fingerprint density at radius 1 is 1.15 bits per heavy atom. The zero-order chi connectivity index (χ0) is 17.8. The molecule has 1 unspecified atom stereocenters. The molecule has 1 aromatic carbocycles. The van der Waals surface area contributed by atoms with Gasteiger partial charge in [-0.25, -0.2) is 0 Å². The number of anilines is 1. The van der Waals surface area contributed by atoms with Crippen LogP contribution in [-0.4, -0.2) is 26.4 Å². The van der Waals surface area contributed by atoms with Crippen molar-refractivity contribution in [3.05, 3.63) is 78.2 Å². The second kappa shape index (κ2) is 7.18. The molecule has 26 heavy (non-hydrogen) atoms. The molecule has 7 heteroatoms. The normalized spacial score (nSPS) is 16.0. The first-order valence-corrected chi connectivity index (χ1v) is 8.30. The maximum absolute atomic E-state index is 12.4. The smallest absolute Gasteiger partial charge is 0.274 e. The number of hydrogen-bond acceptors (Lipinski definition) is 5. The molecule has 3 aromatic rings. The third-order valence-corrected chi connectivity index (χ3v) is 4.03.